The number of hydrogen-bond donors (Lipinski definition) is 2. The van der Waals surface area contributed by atoms with E-state index < -0.39 is 0 Å². The third-order valence-corrected chi connectivity index (χ3v) is 4.67. The number of aromatic hydroxyl groups is 1. The summed E-state index contributed by atoms with van der Waals surface area (Å²) < 4.78 is 0. The summed E-state index contributed by atoms with van der Waals surface area (Å²) in [4.78, 5) is 12.5. The van der Waals surface area contributed by atoms with E-state index in [1.165, 1.54) is 25.7 Å². The lowest BCUT2D eigenvalue weighted by Crippen LogP contribution is -2.38. The molecule has 1 amide bonds. The summed E-state index contributed by atoms with van der Waals surface area (Å²) in [5, 5.41) is 15.2. The van der Waals surface area contributed by atoms with Crippen LogP contribution in [0, 0.1) is 11.8 Å². The van der Waals surface area contributed by atoms with Gasteiger partial charge in [-0.15, -0.1) is 0 Å². The highest BCUT2D eigenvalue weighted by Crippen LogP contribution is 2.44. The highest BCUT2D eigenvalue weighted by Gasteiger charge is 2.42. The third-order valence-electron chi connectivity index (χ3n) is 4.67. The molecule has 2 aromatic rings. The summed E-state index contributed by atoms with van der Waals surface area (Å²) in [7, 11) is 0. The van der Waals surface area contributed by atoms with E-state index in [2.05, 4.69) is 5.32 Å². The molecule has 3 heteroatoms. The van der Waals surface area contributed by atoms with Crippen LogP contribution in [0.15, 0.2) is 36.4 Å². The normalized spacial score (nSPS) is 18.1. The first-order valence-corrected chi connectivity index (χ1v) is 7.75. The smallest absolute Gasteiger partial charge is 0.255 e. The molecule has 0 saturated heterocycles. The molecule has 2 aliphatic rings. The zero-order valence-electron chi connectivity index (χ0n) is 11.9. The van der Waals surface area contributed by atoms with Crippen molar-refractivity contribution in [2.24, 2.45) is 11.8 Å². The van der Waals surface area contributed by atoms with Crippen molar-refractivity contribution in [3.63, 3.8) is 0 Å². The maximum Gasteiger partial charge on any atom is 0.255 e. The molecule has 3 nitrogen and oxygen atoms in total. The van der Waals surface area contributed by atoms with Gasteiger partial charge in [-0.3, -0.25) is 4.79 Å². The number of carbonyl (C=O) groups excluding carboxylic acids is 1. The van der Waals surface area contributed by atoms with Gasteiger partial charge in [0.1, 0.15) is 5.75 Å². The van der Waals surface area contributed by atoms with E-state index in [1.54, 1.807) is 12.1 Å². The molecule has 4 rings (SSSR count). The van der Waals surface area contributed by atoms with Gasteiger partial charge in [-0.25, -0.2) is 0 Å². The SMILES string of the molecule is O=C(NC(C1CC1)C1CC1)c1cc2ccccc2cc1O. The summed E-state index contributed by atoms with van der Waals surface area (Å²) in [6.07, 6.45) is 4.91. The maximum atomic E-state index is 12.5. The Morgan fingerprint density at radius 1 is 1.05 bits per heavy atom. The Labute approximate surface area is 124 Å². The number of amides is 1. The third kappa shape index (κ3) is 2.48. The van der Waals surface area contributed by atoms with Crippen molar-refractivity contribution in [1.82, 2.24) is 5.32 Å². The average molecular weight is 281 g/mol. The van der Waals surface area contributed by atoms with Crippen LogP contribution in [0.25, 0.3) is 10.8 Å². The van der Waals surface area contributed by atoms with Crippen LogP contribution < -0.4 is 5.32 Å². The summed E-state index contributed by atoms with van der Waals surface area (Å²) in [5.74, 6) is 1.24. The Bertz CT molecular complexity index is 689. The van der Waals surface area contributed by atoms with E-state index in [-0.39, 0.29) is 11.7 Å². The van der Waals surface area contributed by atoms with Crippen LogP contribution in [0.4, 0.5) is 0 Å². The van der Waals surface area contributed by atoms with Gasteiger partial charge in [-0.05, 0) is 60.4 Å². The molecule has 0 spiro atoms. The van der Waals surface area contributed by atoms with Crippen molar-refractivity contribution in [1.29, 1.82) is 0 Å². The molecule has 0 aliphatic heterocycles. The predicted molar refractivity (Wildman–Crippen MR) is 82.3 cm³/mol. The van der Waals surface area contributed by atoms with Crippen LogP contribution in [-0.4, -0.2) is 17.1 Å². The van der Waals surface area contributed by atoms with E-state index in [0.717, 1.165) is 10.8 Å². The quantitative estimate of drug-likeness (QED) is 0.901. The Balaban J connectivity index is 1.62. The number of benzene rings is 2. The first kappa shape index (κ1) is 12.7. The standard InChI is InChI=1S/C18H19NO2/c20-16-10-14-4-2-1-3-13(14)9-15(16)18(21)19-17(11-5-6-11)12-7-8-12/h1-4,9-12,17,20H,5-8H2,(H,19,21). The number of hydrogen-bond acceptors (Lipinski definition) is 2. The van der Waals surface area contributed by atoms with E-state index in [9.17, 15) is 9.90 Å². The lowest BCUT2D eigenvalue weighted by Gasteiger charge is -2.18. The first-order valence-electron chi connectivity index (χ1n) is 7.75. The number of nitrogens with one attached hydrogen (secondary N) is 1. The molecule has 21 heavy (non-hydrogen) atoms. The number of fused-ring (bicyclic) bond motifs is 1. The second-order valence-electron chi connectivity index (χ2n) is 6.39. The Morgan fingerprint density at radius 2 is 1.62 bits per heavy atom. The van der Waals surface area contributed by atoms with Crippen LogP contribution in [0.2, 0.25) is 0 Å². The molecule has 2 aromatic carbocycles. The summed E-state index contributed by atoms with van der Waals surface area (Å²) in [6, 6.07) is 11.5. The van der Waals surface area contributed by atoms with Crippen LogP contribution in [0.1, 0.15) is 36.0 Å². The van der Waals surface area contributed by atoms with Gasteiger partial charge in [0.05, 0.1) is 5.56 Å². The van der Waals surface area contributed by atoms with Crippen molar-refractivity contribution in [2.45, 2.75) is 31.7 Å². The molecule has 0 aromatic heterocycles. The highest BCUT2D eigenvalue weighted by atomic mass is 16.3. The summed E-state index contributed by atoms with van der Waals surface area (Å²) >= 11 is 0. The molecule has 0 bridgehead atoms. The zero-order valence-corrected chi connectivity index (χ0v) is 11.9. The number of phenolic OH excluding ortho intramolecular Hbond substituents is 1. The zero-order chi connectivity index (χ0) is 14.4. The van der Waals surface area contributed by atoms with Crippen LogP contribution in [0.5, 0.6) is 5.75 Å². The van der Waals surface area contributed by atoms with Gasteiger partial charge in [0.25, 0.3) is 5.91 Å². The molecule has 2 saturated carbocycles. The minimum absolute atomic E-state index is 0.0662. The fourth-order valence-electron chi connectivity index (χ4n) is 3.17. The Kier molecular flexibility index (Phi) is 2.88. The molecule has 0 radical (unpaired) electrons. The van der Waals surface area contributed by atoms with E-state index in [0.29, 0.717) is 23.4 Å². The minimum atomic E-state index is -0.137. The summed E-state index contributed by atoms with van der Waals surface area (Å²) in [5.41, 5.74) is 0.389. The highest BCUT2D eigenvalue weighted by molar-refractivity contribution is 6.01. The fraction of sp³-hybridized carbons (Fsp3) is 0.389. The molecule has 2 N–H and O–H groups in total. The molecule has 2 fully saturated rings. The van der Waals surface area contributed by atoms with Gasteiger partial charge in [-0.1, -0.05) is 24.3 Å². The van der Waals surface area contributed by atoms with Gasteiger partial charge in [0.2, 0.25) is 0 Å². The van der Waals surface area contributed by atoms with Gasteiger partial charge in [0, 0.05) is 6.04 Å². The van der Waals surface area contributed by atoms with Gasteiger partial charge < -0.3 is 10.4 Å². The molecule has 0 heterocycles. The average Bonchev–Trinajstić information content (AvgIpc) is 3.37. The van der Waals surface area contributed by atoms with Gasteiger partial charge in [0.15, 0.2) is 0 Å². The van der Waals surface area contributed by atoms with E-state index in [1.807, 2.05) is 24.3 Å². The number of carbonyl (C=O) groups is 1. The van der Waals surface area contributed by atoms with E-state index in [4.69, 9.17) is 0 Å². The van der Waals surface area contributed by atoms with Crippen molar-refractivity contribution in [3.8, 4) is 5.75 Å². The molecule has 2 aliphatic carbocycles. The Hall–Kier alpha value is -2.03. The van der Waals surface area contributed by atoms with Crippen molar-refractivity contribution in [2.75, 3.05) is 0 Å². The van der Waals surface area contributed by atoms with Crippen molar-refractivity contribution in [3.05, 3.63) is 42.0 Å². The van der Waals surface area contributed by atoms with Crippen LogP contribution in [0.3, 0.4) is 0 Å². The van der Waals surface area contributed by atoms with E-state index >= 15 is 0 Å². The summed E-state index contributed by atoms with van der Waals surface area (Å²) in [6.45, 7) is 0. The lowest BCUT2D eigenvalue weighted by atomic mass is 10.0. The topological polar surface area (TPSA) is 49.3 Å². The van der Waals surface area contributed by atoms with Gasteiger partial charge in [-0.2, -0.15) is 0 Å². The molecule has 108 valence electrons. The monoisotopic (exact) mass is 281 g/mol. The molecule has 0 unspecified atom stereocenters. The first-order chi connectivity index (χ1) is 10.2. The predicted octanol–water partition coefficient (Wildman–Crippen LogP) is 3.46. The second kappa shape index (κ2) is 4.76. The van der Waals surface area contributed by atoms with Gasteiger partial charge >= 0.3 is 0 Å². The number of phenols is 1. The lowest BCUT2D eigenvalue weighted by molar-refractivity contribution is 0.0924. The Morgan fingerprint density at radius 3 is 2.19 bits per heavy atom. The van der Waals surface area contributed by atoms with Crippen molar-refractivity contribution < 1.29 is 9.90 Å². The fourth-order valence-corrected chi connectivity index (χ4v) is 3.17. The second-order valence-corrected chi connectivity index (χ2v) is 6.39. The van der Waals surface area contributed by atoms with Crippen molar-refractivity contribution >= 4 is 16.7 Å². The maximum absolute atomic E-state index is 12.5. The van der Waals surface area contributed by atoms with Crippen LogP contribution >= 0.6 is 0 Å². The minimum Gasteiger partial charge on any atom is -0.507 e. The molecular weight excluding hydrogens is 262 g/mol. The van der Waals surface area contributed by atoms with Crippen LogP contribution in [-0.2, 0) is 0 Å². The number of rotatable bonds is 4. The molecular formula is C18H19NO2. The largest absolute Gasteiger partial charge is 0.507 e. The molecule has 0 atom stereocenters.